The Morgan fingerprint density at radius 2 is 2.24 bits per heavy atom. The Kier molecular flexibility index (Phi) is 4.54. The Balaban J connectivity index is 2.10. The van der Waals surface area contributed by atoms with E-state index in [1.54, 1.807) is 0 Å². The first-order valence-electron chi connectivity index (χ1n) is 5.93. The summed E-state index contributed by atoms with van der Waals surface area (Å²) >= 11 is 5.52. The van der Waals surface area contributed by atoms with Crippen molar-refractivity contribution < 1.29 is 19.1 Å². The topological polar surface area (TPSA) is 95.1 Å². The zero-order valence-electron chi connectivity index (χ0n) is 10.6. The van der Waals surface area contributed by atoms with E-state index in [1.165, 1.54) is 24.7 Å². The zero-order valence-corrected chi connectivity index (χ0v) is 11.4. The van der Waals surface area contributed by atoms with Gasteiger partial charge in [0, 0.05) is 23.9 Å². The zero-order chi connectivity index (χ0) is 15.4. The van der Waals surface area contributed by atoms with Gasteiger partial charge in [0.25, 0.3) is 5.91 Å². The van der Waals surface area contributed by atoms with Crippen molar-refractivity contribution in [2.24, 2.45) is 0 Å². The molecule has 0 aliphatic heterocycles. The minimum absolute atomic E-state index is 0.00670. The molecule has 1 atom stereocenters. The van der Waals surface area contributed by atoms with Crippen LogP contribution in [0.15, 0.2) is 30.7 Å². The normalized spacial score (nSPS) is 11.9. The highest BCUT2D eigenvalue weighted by atomic mass is 35.5. The second-order valence-electron chi connectivity index (χ2n) is 4.27. The van der Waals surface area contributed by atoms with Gasteiger partial charge in [-0.2, -0.15) is 0 Å². The number of imidazole rings is 1. The molecule has 6 nitrogen and oxygen atoms in total. The molecule has 0 radical (unpaired) electrons. The van der Waals surface area contributed by atoms with Crippen LogP contribution in [0.2, 0.25) is 5.02 Å². The number of rotatable bonds is 5. The first kappa shape index (κ1) is 15.0. The maximum atomic E-state index is 13.3. The third-order valence-electron chi connectivity index (χ3n) is 2.76. The molecule has 0 saturated heterocycles. The molecule has 0 bridgehead atoms. The largest absolute Gasteiger partial charge is 0.480 e. The van der Waals surface area contributed by atoms with Crippen LogP contribution in [0.3, 0.4) is 0 Å². The predicted octanol–water partition coefficient (Wildman–Crippen LogP) is 1.63. The van der Waals surface area contributed by atoms with Crippen molar-refractivity contribution in [1.29, 1.82) is 0 Å². The quantitative estimate of drug-likeness (QED) is 0.782. The highest BCUT2D eigenvalue weighted by Crippen LogP contribution is 2.15. The molecule has 2 rings (SSSR count). The summed E-state index contributed by atoms with van der Waals surface area (Å²) in [6.07, 6.45) is 2.91. The second kappa shape index (κ2) is 6.36. The van der Waals surface area contributed by atoms with Crippen molar-refractivity contribution in [1.82, 2.24) is 15.3 Å². The van der Waals surface area contributed by atoms with E-state index in [-0.39, 0.29) is 17.0 Å². The molecular weight excluding hydrogens is 301 g/mol. The number of carboxylic acids is 1. The summed E-state index contributed by atoms with van der Waals surface area (Å²) in [7, 11) is 0. The molecule has 1 aromatic carbocycles. The molecule has 8 heteroatoms. The number of nitrogens with zero attached hydrogens (tertiary/aromatic N) is 1. The van der Waals surface area contributed by atoms with Gasteiger partial charge < -0.3 is 15.4 Å². The summed E-state index contributed by atoms with van der Waals surface area (Å²) in [5.74, 6) is -2.64. The molecule has 0 aliphatic rings. The maximum Gasteiger partial charge on any atom is 0.326 e. The number of hydrogen-bond donors (Lipinski definition) is 3. The van der Waals surface area contributed by atoms with E-state index < -0.39 is 23.7 Å². The van der Waals surface area contributed by atoms with Gasteiger partial charge in [0.1, 0.15) is 11.9 Å². The number of nitrogens with one attached hydrogen (secondary N) is 2. The van der Waals surface area contributed by atoms with Gasteiger partial charge in [0.05, 0.1) is 11.3 Å². The number of hydrogen-bond acceptors (Lipinski definition) is 3. The van der Waals surface area contributed by atoms with Crippen LogP contribution in [0, 0.1) is 5.82 Å². The lowest BCUT2D eigenvalue weighted by atomic mass is 10.1. The fourth-order valence-corrected chi connectivity index (χ4v) is 1.81. The van der Waals surface area contributed by atoms with Gasteiger partial charge in [-0.15, -0.1) is 0 Å². The molecule has 1 amide bonds. The number of aromatic nitrogens is 2. The third kappa shape index (κ3) is 3.79. The number of carbonyl (C=O) groups is 2. The molecule has 21 heavy (non-hydrogen) atoms. The van der Waals surface area contributed by atoms with Crippen LogP contribution < -0.4 is 5.32 Å². The van der Waals surface area contributed by atoms with Crippen molar-refractivity contribution in [3.05, 3.63) is 52.8 Å². The first-order chi connectivity index (χ1) is 9.97. The minimum atomic E-state index is -1.20. The van der Waals surface area contributed by atoms with Crippen molar-refractivity contribution in [2.75, 3.05) is 0 Å². The summed E-state index contributed by atoms with van der Waals surface area (Å²) in [4.78, 5) is 29.6. The summed E-state index contributed by atoms with van der Waals surface area (Å²) in [5, 5.41) is 11.3. The molecule has 3 N–H and O–H groups in total. The van der Waals surface area contributed by atoms with E-state index in [0.29, 0.717) is 5.69 Å². The highest BCUT2D eigenvalue weighted by molar-refractivity contribution is 6.30. The number of aliphatic carboxylic acids is 1. The molecule has 0 aliphatic carbocycles. The van der Waals surface area contributed by atoms with Crippen LogP contribution >= 0.6 is 11.6 Å². The second-order valence-corrected chi connectivity index (χ2v) is 4.68. The minimum Gasteiger partial charge on any atom is -0.480 e. The molecular formula is C13H11ClFN3O3. The number of aromatic amines is 1. The van der Waals surface area contributed by atoms with Gasteiger partial charge in [0.15, 0.2) is 0 Å². The van der Waals surface area contributed by atoms with Gasteiger partial charge in [-0.05, 0) is 18.2 Å². The molecule has 110 valence electrons. The van der Waals surface area contributed by atoms with Gasteiger partial charge >= 0.3 is 5.97 Å². The average Bonchev–Trinajstić information content (AvgIpc) is 2.93. The Morgan fingerprint density at radius 1 is 1.48 bits per heavy atom. The maximum absolute atomic E-state index is 13.3. The number of benzene rings is 1. The summed E-state index contributed by atoms with van der Waals surface area (Å²) in [6, 6.07) is 2.34. The number of carboxylic acid groups (broad SMARTS) is 1. The van der Waals surface area contributed by atoms with Crippen LogP contribution in [-0.4, -0.2) is 33.0 Å². The standard InChI is InChI=1S/C13H11ClFN3O3/c14-9-2-1-7(3-10(9)15)12(19)18-11(13(20)21)4-8-5-16-6-17-8/h1-3,5-6,11H,4H2,(H,16,17)(H,18,19)(H,20,21). The number of halogens is 2. The lowest BCUT2D eigenvalue weighted by molar-refractivity contribution is -0.139. The van der Waals surface area contributed by atoms with Crippen LogP contribution in [0.4, 0.5) is 4.39 Å². The lowest BCUT2D eigenvalue weighted by Gasteiger charge is -2.13. The molecule has 2 aromatic rings. The van der Waals surface area contributed by atoms with Gasteiger partial charge in [0.2, 0.25) is 0 Å². The molecule has 0 fully saturated rings. The van der Waals surface area contributed by atoms with E-state index in [2.05, 4.69) is 15.3 Å². The Bertz CT molecular complexity index is 661. The lowest BCUT2D eigenvalue weighted by Crippen LogP contribution is -2.42. The Morgan fingerprint density at radius 3 is 2.81 bits per heavy atom. The Labute approximate surface area is 124 Å². The molecule has 0 spiro atoms. The van der Waals surface area contributed by atoms with E-state index >= 15 is 0 Å². The number of H-pyrrole nitrogens is 1. The molecule has 1 aromatic heterocycles. The number of carbonyl (C=O) groups excluding carboxylic acids is 1. The van der Waals surface area contributed by atoms with Crippen LogP contribution in [0.1, 0.15) is 16.1 Å². The van der Waals surface area contributed by atoms with Crippen molar-refractivity contribution >= 4 is 23.5 Å². The monoisotopic (exact) mass is 311 g/mol. The van der Waals surface area contributed by atoms with E-state index in [9.17, 15) is 14.0 Å². The fourth-order valence-electron chi connectivity index (χ4n) is 1.70. The van der Waals surface area contributed by atoms with Crippen molar-refractivity contribution in [3.8, 4) is 0 Å². The number of amides is 1. The van der Waals surface area contributed by atoms with Gasteiger partial charge in [-0.3, -0.25) is 4.79 Å². The summed E-state index contributed by atoms with van der Waals surface area (Å²) in [5.41, 5.74) is 0.553. The fraction of sp³-hybridized carbons (Fsp3) is 0.154. The third-order valence-corrected chi connectivity index (χ3v) is 3.07. The van der Waals surface area contributed by atoms with Crippen LogP contribution in [0.25, 0.3) is 0 Å². The van der Waals surface area contributed by atoms with E-state index in [0.717, 1.165) is 6.07 Å². The first-order valence-corrected chi connectivity index (χ1v) is 6.31. The van der Waals surface area contributed by atoms with Gasteiger partial charge in [-0.25, -0.2) is 14.2 Å². The highest BCUT2D eigenvalue weighted by Gasteiger charge is 2.22. The van der Waals surface area contributed by atoms with Crippen LogP contribution in [0.5, 0.6) is 0 Å². The van der Waals surface area contributed by atoms with E-state index in [1.807, 2.05) is 0 Å². The van der Waals surface area contributed by atoms with E-state index in [4.69, 9.17) is 16.7 Å². The predicted molar refractivity (Wildman–Crippen MR) is 72.6 cm³/mol. The summed E-state index contributed by atoms with van der Waals surface area (Å²) in [6.45, 7) is 0. The average molecular weight is 312 g/mol. The summed E-state index contributed by atoms with van der Waals surface area (Å²) < 4.78 is 13.3. The smallest absolute Gasteiger partial charge is 0.326 e. The molecule has 1 heterocycles. The Hall–Kier alpha value is -2.41. The van der Waals surface area contributed by atoms with Gasteiger partial charge in [-0.1, -0.05) is 11.6 Å². The molecule has 1 unspecified atom stereocenters. The molecule has 0 saturated carbocycles. The van der Waals surface area contributed by atoms with Crippen LogP contribution in [-0.2, 0) is 11.2 Å². The van der Waals surface area contributed by atoms with Crippen molar-refractivity contribution in [2.45, 2.75) is 12.5 Å². The SMILES string of the molecule is O=C(NC(Cc1cnc[nH]1)C(=O)O)c1ccc(Cl)c(F)c1. The van der Waals surface area contributed by atoms with Crippen molar-refractivity contribution in [3.63, 3.8) is 0 Å².